The summed E-state index contributed by atoms with van der Waals surface area (Å²) in [5.74, 6) is 0. The molecule has 0 saturated carbocycles. The van der Waals surface area contributed by atoms with Crippen molar-refractivity contribution in [2.45, 2.75) is 0 Å². The maximum atomic E-state index is 4.37. The molecule has 2 aromatic carbocycles. The molecule has 2 heteroatoms. The Hall–Kier alpha value is -1.54. The highest BCUT2D eigenvalue weighted by Gasteiger charge is 1.96. The highest BCUT2D eigenvalue weighted by atomic mass is 28.2. The maximum absolute atomic E-state index is 4.37. The third kappa shape index (κ3) is 1.08. The minimum absolute atomic E-state index is 0.752. The highest BCUT2D eigenvalue weighted by molar-refractivity contribution is 6.35. The molecule has 0 amide bonds. The molecule has 0 spiro atoms. The topological polar surface area (TPSA) is 12.4 Å². The lowest BCUT2D eigenvalue weighted by molar-refractivity contribution is 1.34. The Balaban J connectivity index is 2.63. The number of nitrogens with zero attached hydrogens (tertiary/aromatic N) is 1. The van der Waals surface area contributed by atoms with E-state index in [4.69, 9.17) is 0 Å². The monoisotopic (exact) mass is 194 g/mol. The lowest BCUT2D eigenvalue weighted by Gasteiger charge is -1.99. The van der Waals surface area contributed by atoms with Crippen LogP contribution in [0.5, 0.6) is 0 Å². The van der Waals surface area contributed by atoms with Crippen LogP contribution in [0, 0.1) is 4.81 Å². The smallest absolute Gasteiger partial charge is 0.0663 e. The Kier molecular flexibility index (Phi) is 1.67. The Morgan fingerprint density at radius 1 is 1.00 bits per heavy atom. The van der Waals surface area contributed by atoms with Crippen molar-refractivity contribution in [1.29, 1.82) is 0 Å². The predicted octanol–water partition coefficient (Wildman–Crippen LogP) is 1.90. The quantitative estimate of drug-likeness (QED) is 0.568. The molecule has 0 saturated heterocycles. The van der Waals surface area contributed by atoms with E-state index < -0.39 is 0 Å². The van der Waals surface area contributed by atoms with E-state index in [0.29, 0.717) is 0 Å². The molecule has 1 nitrogen and oxygen atoms in total. The van der Waals surface area contributed by atoms with Gasteiger partial charge in [0, 0.05) is 6.20 Å². The van der Waals surface area contributed by atoms with Crippen molar-refractivity contribution in [3.8, 4) is 0 Å². The number of benzene rings is 2. The molecular weight excluding hydrogens is 186 g/mol. The van der Waals surface area contributed by atoms with Gasteiger partial charge in [0.05, 0.1) is 14.5 Å². The lowest BCUT2D eigenvalue weighted by atomic mass is 10.1. The van der Waals surface area contributed by atoms with E-state index in [2.05, 4.69) is 47.1 Å². The van der Waals surface area contributed by atoms with Gasteiger partial charge >= 0.3 is 0 Å². The van der Waals surface area contributed by atoms with Crippen molar-refractivity contribution in [3.05, 3.63) is 58.5 Å². The summed E-state index contributed by atoms with van der Waals surface area (Å²) in [5, 5.41) is 3.78. The van der Waals surface area contributed by atoms with E-state index in [-0.39, 0.29) is 0 Å². The highest BCUT2D eigenvalue weighted by Crippen LogP contribution is 2.11. The molecule has 3 rings (SSSR count). The average Bonchev–Trinajstić information content (AvgIpc) is 2.29. The number of hydrogen-bond acceptors (Lipinski definition) is 1. The van der Waals surface area contributed by atoms with Crippen molar-refractivity contribution in [3.63, 3.8) is 0 Å². The van der Waals surface area contributed by atoms with Crippen LogP contribution in [0.1, 0.15) is 0 Å². The summed E-state index contributed by atoms with van der Waals surface area (Å²) in [4.78, 5) is 5.75. The average molecular weight is 194 g/mol. The zero-order chi connectivity index (χ0) is 9.38. The Labute approximate surface area is 83.9 Å². The van der Waals surface area contributed by atoms with E-state index in [1.54, 1.807) is 0 Å². The minimum Gasteiger partial charge on any atom is -0.257 e. The van der Waals surface area contributed by atoms with Crippen LogP contribution >= 0.6 is 0 Å². The molecule has 0 aromatic heterocycles. The fourth-order valence-corrected chi connectivity index (χ4v) is 2.75. The summed E-state index contributed by atoms with van der Waals surface area (Å²) >= 11 is 0. The number of hydrogen-bond donors (Lipinski definition) is 0. The summed E-state index contributed by atoms with van der Waals surface area (Å²) in [6.45, 7) is 0. The first kappa shape index (κ1) is 7.82. The standard InChI is InChI=1S/C12H8NSi/c1-2-4-10-9(3-1)5-6-11-12(10)14-8-7-13-11/h1-8H. The van der Waals surface area contributed by atoms with Crippen LogP contribution in [0.15, 0.2) is 53.3 Å². The molecule has 1 aliphatic heterocycles. The SMILES string of the molecule is C1=C[Si]=c2c(ccc3ccccc23)=N1. The second kappa shape index (κ2) is 2.99. The van der Waals surface area contributed by atoms with Crippen molar-refractivity contribution in [1.82, 2.24) is 0 Å². The van der Waals surface area contributed by atoms with Crippen molar-refractivity contribution in [2.24, 2.45) is 4.99 Å². The zero-order valence-electron chi connectivity index (χ0n) is 7.57. The van der Waals surface area contributed by atoms with Gasteiger partial charge in [0.15, 0.2) is 0 Å². The van der Waals surface area contributed by atoms with Gasteiger partial charge in [-0.2, -0.15) is 0 Å². The van der Waals surface area contributed by atoms with E-state index in [9.17, 15) is 0 Å². The molecule has 1 aliphatic rings. The van der Waals surface area contributed by atoms with E-state index >= 15 is 0 Å². The minimum atomic E-state index is 0.752. The van der Waals surface area contributed by atoms with E-state index in [0.717, 1.165) is 14.5 Å². The molecular formula is C12H8NSi. The molecule has 14 heavy (non-hydrogen) atoms. The zero-order valence-corrected chi connectivity index (χ0v) is 8.57. The van der Waals surface area contributed by atoms with Gasteiger partial charge in [0.1, 0.15) is 0 Å². The third-order valence-electron chi connectivity index (χ3n) is 2.42. The van der Waals surface area contributed by atoms with Crippen LogP contribution in [-0.2, 0) is 0 Å². The van der Waals surface area contributed by atoms with Gasteiger partial charge in [-0.25, -0.2) is 0 Å². The van der Waals surface area contributed by atoms with Crippen molar-refractivity contribution in [2.75, 3.05) is 0 Å². The van der Waals surface area contributed by atoms with Gasteiger partial charge in [-0.05, 0) is 21.7 Å². The number of rotatable bonds is 0. The first-order valence-corrected chi connectivity index (χ1v) is 5.67. The maximum Gasteiger partial charge on any atom is 0.0663 e. The molecule has 1 heterocycles. The number of fused-ring (bicyclic) bond motifs is 3. The van der Waals surface area contributed by atoms with Gasteiger partial charge in [0.2, 0.25) is 0 Å². The van der Waals surface area contributed by atoms with Crippen LogP contribution < -0.4 is 5.36 Å². The lowest BCUT2D eigenvalue weighted by Crippen LogP contribution is -2.07. The summed E-state index contributed by atoms with van der Waals surface area (Å²) < 4.78 is 0. The molecule has 0 fully saturated rings. The molecule has 1 radical (unpaired) electrons. The fraction of sp³-hybridized carbons (Fsp3) is 0. The van der Waals surface area contributed by atoms with Gasteiger partial charge in [-0.3, -0.25) is 4.99 Å². The molecule has 0 N–H and O–H groups in total. The molecule has 0 atom stereocenters. The summed E-state index contributed by atoms with van der Waals surface area (Å²) in [6, 6.07) is 12.7. The summed E-state index contributed by atoms with van der Waals surface area (Å²) in [7, 11) is 0.752. The van der Waals surface area contributed by atoms with Crippen LogP contribution in [0.3, 0.4) is 0 Å². The summed E-state index contributed by atoms with van der Waals surface area (Å²) in [6.07, 6.45) is 1.90. The molecule has 0 aliphatic carbocycles. The first-order chi connectivity index (χ1) is 6.95. The molecule has 2 aromatic rings. The fourth-order valence-electron chi connectivity index (χ4n) is 1.76. The predicted molar refractivity (Wildman–Crippen MR) is 58.8 cm³/mol. The van der Waals surface area contributed by atoms with Crippen LogP contribution in [-0.4, -0.2) is 9.13 Å². The Bertz CT molecular complexity index is 641. The molecule has 0 unspecified atom stereocenters. The summed E-state index contributed by atoms with van der Waals surface area (Å²) in [5.41, 5.74) is 2.13. The van der Waals surface area contributed by atoms with Gasteiger partial charge in [-0.15, -0.1) is 0 Å². The van der Waals surface area contributed by atoms with Gasteiger partial charge in [0.25, 0.3) is 0 Å². The van der Waals surface area contributed by atoms with Gasteiger partial charge < -0.3 is 0 Å². The van der Waals surface area contributed by atoms with Crippen LogP contribution in [0.2, 0.25) is 0 Å². The second-order valence-electron chi connectivity index (χ2n) is 3.27. The van der Waals surface area contributed by atoms with Gasteiger partial charge in [-0.1, -0.05) is 36.0 Å². The van der Waals surface area contributed by atoms with Crippen LogP contribution in [0.4, 0.5) is 0 Å². The van der Waals surface area contributed by atoms with E-state index in [1.807, 2.05) is 6.20 Å². The van der Waals surface area contributed by atoms with Crippen LogP contribution in [0.25, 0.3) is 10.8 Å². The first-order valence-electron chi connectivity index (χ1n) is 4.59. The molecule has 0 bridgehead atoms. The third-order valence-corrected chi connectivity index (χ3v) is 3.55. The Morgan fingerprint density at radius 2 is 1.93 bits per heavy atom. The second-order valence-corrected chi connectivity index (χ2v) is 4.39. The molecule has 65 valence electrons. The normalized spacial score (nSPS) is 13.1. The Morgan fingerprint density at radius 3 is 2.93 bits per heavy atom. The largest absolute Gasteiger partial charge is 0.257 e. The van der Waals surface area contributed by atoms with E-state index in [1.165, 1.54) is 15.6 Å². The van der Waals surface area contributed by atoms with Crippen molar-refractivity contribution < 1.29 is 0 Å². The van der Waals surface area contributed by atoms with Crippen molar-refractivity contribution >= 4 is 19.9 Å².